The Balaban J connectivity index is 1.27. The maximum Gasteiger partial charge on any atom is 0.407 e. The third-order valence-electron chi connectivity index (χ3n) is 10.4. The number of amides is 3. The molecule has 3 amide bonds. The van der Waals surface area contributed by atoms with Crippen LogP contribution in [0.25, 0.3) is 10.9 Å². The number of aliphatic carboxylic acids is 1. The highest BCUT2D eigenvalue weighted by molar-refractivity contribution is 5.95. The number of nitrogens with one attached hydrogen (secondary N) is 2. The van der Waals surface area contributed by atoms with Crippen molar-refractivity contribution in [3.63, 3.8) is 0 Å². The fraction of sp³-hybridized carbons (Fsp3) is 0.595. The van der Waals surface area contributed by atoms with Gasteiger partial charge in [0.15, 0.2) is 0 Å². The second-order valence-electron chi connectivity index (χ2n) is 13.9. The number of carboxylic acid groups (broad SMARTS) is 1. The quantitative estimate of drug-likeness (QED) is 0.327. The van der Waals surface area contributed by atoms with Crippen molar-refractivity contribution >= 4 is 34.8 Å². The van der Waals surface area contributed by atoms with E-state index in [0.717, 1.165) is 55.9 Å². The number of pyridine rings is 1. The predicted molar refractivity (Wildman–Crippen MR) is 183 cm³/mol. The maximum absolute atomic E-state index is 14.1. The number of hydrogen-bond donors (Lipinski definition) is 3. The summed E-state index contributed by atoms with van der Waals surface area (Å²) in [5.74, 6) is -0.811. The Kier molecular flexibility index (Phi) is 10.7. The van der Waals surface area contributed by atoms with Crippen molar-refractivity contribution in [3.8, 4) is 17.4 Å². The summed E-state index contributed by atoms with van der Waals surface area (Å²) in [7, 11) is 1.59. The summed E-state index contributed by atoms with van der Waals surface area (Å²) in [6, 6.07) is 3.91. The number of aromatic nitrogens is 1. The van der Waals surface area contributed by atoms with Crippen LogP contribution in [0.4, 0.5) is 4.79 Å². The van der Waals surface area contributed by atoms with Crippen LogP contribution in [-0.2, 0) is 19.1 Å². The van der Waals surface area contributed by atoms with Crippen LogP contribution in [0.2, 0.25) is 0 Å². The van der Waals surface area contributed by atoms with E-state index in [0.29, 0.717) is 35.9 Å². The Bertz CT molecular complexity index is 1640. The number of hydrogen-bond acceptors (Lipinski definition) is 9. The zero-order valence-corrected chi connectivity index (χ0v) is 29.1. The van der Waals surface area contributed by atoms with Gasteiger partial charge >= 0.3 is 12.1 Å². The lowest BCUT2D eigenvalue weighted by atomic mass is 10.0. The summed E-state index contributed by atoms with van der Waals surface area (Å²) >= 11 is 0. The molecule has 0 bridgehead atoms. The van der Waals surface area contributed by atoms with E-state index in [2.05, 4.69) is 15.6 Å². The SMILES string of the molecule is CCOc1cc(O[C@@H]2C[C@H]3C(=O)N[C@]4(C(=O)O)C[C@@H]4/C=C\CCCC[C@H](NC(=O)OC4CCCC4)CC(=O)N3C2)c2ccc(OC)c(C)c2n1. The minimum absolute atomic E-state index is 0.0372. The van der Waals surface area contributed by atoms with Crippen LogP contribution >= 0.6 is 0 Å². The second kappa shape index (κ2) is 15.1. The van der Waals surface area contributed by atoms with E-state index in [1.807, 2.05) is 38.1 Å². The van der Waals surface area contributed by atoms with Crippen LogP contribution < -0.4 is 24.8 Å². The van der Waals surface area contributed by atoms with Crippen LogP contribution in [0.1, 0.15) is 83.1 Å². The number of ether oxygens (including phenoxy) is 4. The molecule has 2 saturated carbocycles. The fourth-order valence-electron chi connectivity index (χ4n) is 7.58. The van der Waals surface area contributed by atoms with Crippen molar-refractivity contribution in [2.24, 2.45) is 5.92 Å². The van der Waals surface area contributed by atoms with Crippen LogP contribution in [0.3, 0.4) is 0 Å². The molecule has 1 aromatic heterocycles. The van der Waals surface area contributed by atoms with Gasteiger partial charge in [0.05, 0.1) is 25.8 Å². The number of allylic oxidation sites excluding steroid dienone is 1. The first kappa shape index (κ1) is 35.3. The Hall–Kier alpha value is -4.55. The molecule has 0 spiro atoms. The summed E-state index contributed by atoms with van der Waals surface area (Å²) in [6.07, 6.45) is 9.49. The summed E-state index contributed by atoms with van der Waals surface area (Å²) in [5, 5.41) is 16.6. The lowest BCUT2D eigenvalue weighted by Crippen LogP contribution is -2.53. The van der Waals surface area contributed by atoms with Crippen LogP contribution in [-0.4, -0.2) is 89.0 Å². The van der Waals surface area contributed by atoms with Gasteiger partial charge < -0.3 is 39.6 Å². The number of aryl methyl sites for hydroxylation is 1. The van der Waals surface area contributed by atoms with Gasteiger partial charge in [-0.3, -0.25) is 9.59 Å². The Morgan fingerprint density at radius 3 is 2.62 bits per heavy atom. The molecule has 5 atom stereocenters. The van der Waals surface area contributed by atoms with Crippen LogP contribution in [0, 0.1) is 12.8 Å². The summed E-state index contributed by atoms with van der Waals surface area (Å²) < 4.78 is 23.5. The van der Waals surface area contributed by atoms with Crippen molar-refractivity contribution in [2.75, 3.05) is 20.3 Å². The molecule has 3 fully saturated rings. The third-order valence-corrected chi connectivity index (χ3v) is 10.4. The maximum atomic E-state index is 14.1. The molecule has 0 radical (unpaired) electrons. The van der Waals surface area contributed by atoms with Gasteiger partial charge in [-0.15, -0.1) is 0 Å². The third kappa shape index (κ3) is 7.61. The van der Waals surface area contributed by atoms with Gasteiger partial charge in [-0.25, -0.2) is 14.6 Å². The van der Waals surface area contributed by atoms with Crippen LogP contribution in [0.15, 0.2) is 30.4 Å². The van der Waals surface area contributed by atoms with E-state index in [1.165, 1.54) is 4.90 Å². The molecular formula is C37H48N4O9. The largest absolute Gasteiger partial charge is 0.496 e. The Morgan fingerprint density at radius 1 is 1.10 bits per heavy atom. The number of carboxylic acids is 1. The average Bonchev–Trinajstić information content (AvgIpc) is 3.35. The number of carbonyl (C=O) groups excluding carboxylic acids is 3. The fourth-order valence-corrected chi connectivity index (χ4v) is 7.58. The zero-order valence-electron chi connectivity index (χ0n) is 29.1. The number of carbonyl (C=O) groups is 4. The first-order valence-corrected chi connectivity index (χ1v) is 17.9. The molecule has 3 heterocycles. The predicted octanol–water partition coefficient (Wildman–Crippen LogP) is 4.82. The van der Waals surface area contributed by atoms with Gasteiger partial charge in [-0.05, 0) is 77.3 Å². The van der Waals surface area contributed by atoms with Crippen molar-refractivity contribution in [1.82, 2.24) is 20.5 Å². The van der Waals surface area contributed by atoms with Gasteiger partial charge in [0.25, 0.3) is 0 Å². The highest BCUT2D eigenvalue weighted by atomic mass is 16.6. The molecule has 1 saturated heterocycles. The second-order valence-corrected chi connectivity index (χ2v) is 13.9. The zero-order chi connectivity index (χ0) is 35.4. The number of benzene rings is 1. The standard InChI is InChI=1S/C37H48N4O9/c1-4-48-31-19-30(27-15-16-29(47-3)22(2)33(27)39-31)49-26-18-28-34(43)40-37(35(44)45)20-23(37)11-7-5-6-8-12-24(17-32(42)41(28)21-26)38-36(46)50-25-13-9-10-14-25/h7,11,15-16,19,23-26,28H,4-6,8-10,12-14,17-18,20-21H2,1-3H3,(H,38,46)(H,40,43)(H,44,45)/b11-7-/t23-,24-,26+,28-,37+/m0/s1. The number of nitrogens with zero attached hydrogens (tertiary/aromatic N) is 2. The van der Waals surface area contributed by atoms with Crippen molar-refractivity contribution in [3.05, 3.63) is 35.9 Å². The Labute approximate surface area is 292 Å². The minimum atomic E-state index is -1.42. The minimum Gasteiger partial charge on any atom is -0.496 e. The molecule has 1 aromatic carbocycles. The lowest BCUT2D eigenvalue weighted by Gasteiger charge is -2.27. The number of fused-ring (bicyclic) bond motifs is 3. The van der Waals surface area contributed by atoms with E-state index < -0.39 is 41.7 Å². The van der Waals surface area contributed by atoms with Gasteiger partial charge in [0, 0.05) is 41.8 Å². The monoisotopic (exact) mass is 692 g/mol. The molecule has 0 unspecified atom stereocenters. The molecule has 13 nitrogen and oxygen atoms in total. The van der Waals surface area contributed by atoms with Gasteiger partial charge in [-0.1, -0.05) is 18.6 Å². The Morgan fingerprint density at radius 2 is 1.88 bits per heavy atom. The number of methoxy groups -OCH3 is 1. The normalized spacial score (nSPS) is 28.0. The first-order chi connectivity index (χ1) is 24.1. The van der Waals surface area contributed by atoms with Gasteiger partial charge in [0.1, 0.15) is 35.3 Å². The molecule has 2 aliphatic carbocycles. The van der Waals surface area contributed by atoms with Crippen LogP contribution in [0.5, 0.6) is 17.4 Å². The molecule has 13 heteroatoms. The summed E-state index contributed by atoms with van der Waals surface area (Å²) in [5.41, 5.74) is 0.0309. The topological polar surface area (TPSA) is 166 Å². The van der Waals surface area contributed by atoms with Gasteiger partial charge in [-0.2, -0.15) is 0 Å². The molecular weight excluding hydrogens is 644 g/mol. The van der Waals surface area contributed by atoms with Crippen molar-refractivity contribution in [1.29, 1.82) is 0 Å². The highest BCUT2D eigenvalue weighted by Gasteiger charge is 2.61. The summed E-state index contributed by atoms with van der Waals surface area (Å²) in [4.78, 5) is 59.5. The van der Waals surface area contributed by atoms with E-state index in [9.17, 15) is 24.3 Å². The van der Waals surface area contributed by atoms with E-state index in [-0.39, 0.29) is 43.7 Å². The van der Waals surface area contributed by atoms with Crippen molar-refractivity contribution in [2.45, 2.75) is 114 Å². The van der Waals surface area contributed by atoms with Gasteiger partial charge in [0.2, 0.25) is 17.7 Å². The smallest absolute Gasteiger partial charge is 0.407 e. The highest BCUT2D eigenvalue weighted by Crippen LogP contribution is 2.45. The number of rotatable bonds is 8. The van der Waals surface area contributed by atoms with E-state index in [4.69, 9.17) is 18.9 Å². The molecule has 270 valence electrons. The molecule has 2 aliphatic heterocycles. The molecule has 6 rings (SSSR count). The molecule has 3 N–H and O–H groups in total. The van der Waals surface area contributed by atoms with E-state index >= 15 is 0 Å². The average molecular weight is 693 g/mol. The number of alkyl carbamates (subject to hydrolysis) is 1. The molecule has 2 aromatic rings. The van der Waals surface area contributed by atoms with E-state index in [1.54, 1.807) is 13.2 Å². The lowest BCUT2D eigenvalue weighted by molar-refractivity contribution is -0.145. The van der Waals surface area contributed by atoms with Crippen molar-refractivity contribution < 1.29 is 43.2 Å². The molecule has 4 aliphatic rings. The summed E-state index contributed by atoms with van der Waals surface area (Å²) in [6.45, 7) is 4.23. The molecule has 50 heavy (non-hydrogen) atoms. The first-order valence-electron chi connectivity index (χ1n) is 17.9.